The number of rotatable bonds is 8. The van der Waals surface area contributed by atoms with Gasteiger partial charge in [0.1, 0.15) is 0 Å². The van der Waals surface area contributed by atoms with E-state index in [1.54, 1.807) is 37.3 Å². The van der Waals surface area contributed by atoms with Gasteiger partial charge in [-0.05, 0) is 49.8 Å². The van der Waals surface area contributed by atoms with Crippen LogP contribution in [0.4, 0.5) is 11.4 Å². The van der Waals surface area contributed by atoms with Crippen LogP contribution in [0.3, 0.4) is 0 Å². The summed E-state index contributed by atoms with van der Waals surface area (Å²) in [5, 5.41) is 5.77. The number of esters is 1. The van der Waals surface area contributed by atoms with Crippen molar-refractivity contribution in [2.45, 2.75) is 13.8 Å². The molecule has 0 atom stereocenters. The van der Waals surface area contributed by atoms with Gasteiger partial charge in [0.15, 0.2) is 5.78 Å². The number of benzene rings is 2. The smallest absolute Gasteiger partial charge is 0.330 e. The molecule has 27 heavy (non-hydrogen) atoms. The minimum absolute atomic E-state index is 0.0543. The lowest BCUT2D eigenvalue weighted by Crippen LogP contribution is -2.21. The molecule has 6 heteroatoms. The van der Waals surface area contributed by atoms with Crippen LogP contribution in [0, 0.1) is 0 Å². The van der Waals surface area contributed by atoms with E-state index in [2.05, 4.69) is 10.6 Å². The van der Waals surface area contributed by atoms with E-state index in [0.717, 1.165) is 11.3 Å². The van der Waals surface area contributed by atoms with E-state index >= 15 is 0 Å². The highest BCUT2D eigenvalue weighted by Crippen LogP contribution is 2.13. The molecular formula is C21H22N2O4. The molecule has 0 aliphatic carbocycles. The third kappa shape index (κ3) is 6.78. The number of carbonyl (C=O) groups is 3. The predicted octanol–water partition coefficient (Wildman–Crippen LogP) is 3.52. The van der Waals surface area contributed by atoms with E-state index in [9.17, 15) is 14.4 Å². The summed E-state index contributed by atoms with van der Waals surface area (Å²) in [6.45, 7) is 3.66. The molecule has 2 aromatic rings. The zero-order valence-corrected chi connectivity index (χ0v) is 15.3. The molecule has 0 saturated carbocycles. The summed E-state index contributed by atoms with van der Waals surface area (Å²) in [5.74, 6) is -0.659. The van der Waals surface area contributed by atoms with Gasteiger partial charge in [0.25, 0.3) is 0 Å². The van der Waals surface area contributed by atoms with Gasteiger partial charge in [0.05, 0.1) is 13.2 Å². The minimum atomic E-state index is -0.384. The summed E-state index contributed by atoms with van der Waals surface area (Å²) in [7, 11) is 0. The lowest BCUT2D eigenvalue weighted by molar-refractivity contribution is -0.137. The number of ketones is 1. The van der Waals surface area contributed by atoms with Gasteiger partial charge in [-0.15, -0.1) is 0 Å². The van der Waals surface area contributed by atoms with Crippen molar-refractivity contribution >= 4 is 35.1 Å². The largest absolute Gasteiger partial charge is 0.463 e. The molecule has 1 amide bonds. The van der Waals surface area contributed by atoms with Crippen LogP contribution in [0.5, 0.6) is 0 Å². The van der Waals surface area contributed by atoms with Crippen LogP contribution in [0.15, 0.2) is 54.6 Å². The highest BCUT2D eigenvalue weighted by Gasteiger charge is 2.05. The molecule has 0 aliphatic heterocycles. The molecule has 2 aromatic carbocycles. The second kappa shape index (κ2) is 9.91. The Morgan fingerprint density at radius 1 is 1.04 bits per heavy atom. The topological polar surface area (TPSA) is 84.5 Å². The average molecular weight is 366 g/mol. The predicted molar refractivity (Wildman–Crippen MR) is 106 cm³/mol. The van der Waals surface area contributed by atoms with Gasteiger partial charge in [0.2, 0.25) is 5.91 Å². The fourth-order valence-corrected chi connectivity index (χ4v) is 2.27. The number of ether oxygens (including phenoxy) is 1. The molecule has 0 bridgehead atoms. The molecular weight excluding hydrogens is 344 g/mol. The summed E-state index contributed by atoms with van der Waals surface area (Å²) < 4.78 is 4.82. The first-order valence-corrected chi connectivity index (χ1v) is 8.57. The van der Waals surface area contributed by atoms with E-state index in [1.807, 2.05) is 24.3 Å². The Balaban J connectivity index is 1.85. The van der Waals surface area contributed by atoms with E-state index < -0.39 is 0 Å². The third-order valence-corrected chi connectivity index (χ3v) is 3.62. The maximum absolute atomic E-state index is 12.1. The zero-order chi connectivity index (χ0) is 19.6. The molecule has 0 spiro atoms. The second-order valence-electron chi connectivity index (χ2n) is 5.75. The van der Waals surface area contributed by atoms with E-state index in [1.165, 1.54) is 13.0 Å². The van der Waals surface area contributed by atoms with Crippen LogP contribution in [-0.4, -0.2) is 30.8 Å². The van der Waals surface area contributed by atoms with Crippen molar-refractivity contribution in [2.75, 3.05) is 23.8 Å². The summed E-state index contributed by atoms with van der Waals surface area (Å²) >= 11 is 0. The molecule has 6 nitrogen and oxygen atoms in total. The minimum Gasteiger partial charge on any atom is -0.463 e. The Morgan fingerprint density at radius 2 is 1.78 bits per heavy atom. The van der Waals surface area contributed by atoms with Crippen LogP contribution < -0.4 is 10.6 Å². The van der Waals surface area contributed by atoms with Gasteiger partial charge in [0, 0.05) is 23.0 Å². The molecule has 0 unspecified atom stereocenters. The first-order chi connectivity index (χ1) is 13.0. The van der Waals surface area contributed by atoms with Crippen molar-refractivity contribution in [3.05, 3.63) is 65.7 Å². The summed E-state index contributed by atoms with van der Waals surface area (Å²) in [6.07, 6.45) is 3.03. The second-order valence-corrected chi connectivity index (χ2v) is 5.75. The van der Waals surface area contributed by atoms with Crippen molar-refractivity contribution in [3.63, 3.8) is 0 Å². The molecule has 0 radical (unpaired) electrons. The van der Waals surface area contributed by atoms with Crippen LogP contribution in [0.1, 0.15) is 29.8 Å². The molecule has 0 heterocycles. The Labute approximate surface area is 158 Å². The van der Waals surface area contributed by atoms with Crippen LogP contribution in [0.2, 0.25) is 0 Å². The van der Waals surface area contributed by atoms with E-state index in [0.29, 0.717) is 17.9 Å². The standard InChI is InChI=1S/C21H22N2O4/c1-3-27-21(26)12-9-16-7-10-18(11-8-16)22-14-20(25)23-19-6-4-5-17(13-19)15(2)24/h4-13,22H,3,14H2,1-2H3,(H,23,25)/b12-9+. The number of amides is 1. The van der Waals surface area contributed by atoms with Gasteiger partial charge < -0.3 is 15.4 Å². The number of carbonyl (C=O) groups excluding carboxylic acids is 3. The number of Topliss-reactive ketones (excluding diaryl/α,β-unsaturated/α-hetero) is 1. The molecule has 0 fully saturated rings. The lowest BCUT2D eigenvalue weighted by atomic mass is 10.1. The maximum atomic E-state index is 12.1. The summed E-state index contributed by atoms with van der Waals surface area (Å²) in [5.41, 5.74) is 2.75. The highest BCUT2D eigenvalue weighted by molar-refractivity contribution is 5.98. The summed E-state index contributed by atoms with van der Waals surface area (Å²) in [6, 6.07) is 14.1. The molecule has 2 rings (SSSR count). The van der Waals surface area contributed by atoms with Gasteiger partial charge in [-0.3, -0.25) is 9.59 Å². The zero-order valence-electron chi connectivity index (χ0n) is 15.3. The van der Waals surface area contributed by atoms with Gasteiger partial charge in [-0.1, -0.05) is 24.3 Å². The fraction of sp³-hybridized carbons (Fsp3) is 0.190. The van der Waals surface area contributed by atoms with Crippen molar-refractivity contribution in [1.82, 2.24) is 0 Å². The van der Waals surface area contributed by atoms with E-state index in [4.69, 9.17) is 4.74 Å². The Bertz CT molecular complexity index is 842. The number of nitrogens with one attached hydrogen (secondary N) is 2. The van der Waals surface area contributed by atoms with Crippen LogP contribution in [0.25, 0.3) is 6.08 Å². The number of anilines is 2. The van der Waals surface area contributed by atoms with Crippen LogP contribution in [-0.2, 0) is 14.3 Å². The Kier molecular flexibility index (Phi) is 7.31. The average Bonchev–Trinajstić information content (AvgIpc) is 2.66. The monoisotopic (exact) mass is 366 g/mol. The fourth-order valence-electron chi connectivity index (χ4n) is 2.27. The SMILES string of the molecule is CCOC(=O)/C=C/c1ccc(NCC(=O)Nc2cccc(C(C)=O)c2)cc1. The van der Waals surface area contributed by atoms with Crippen molar-refractivity contribution in [2.24, 2.45) is 0 Å². The first kappa shape index (κ1) is 19.9. The first-order valence-electron chi connectivity index (χ1n) is 8.57. The molecule has 0 aromatic heterocycles. The Hall–Kier alpha value is -3.41. The summed E-state index contributed by atoms with van der Waals surface area (Å²) in [4.78, 5) is 34.7. The quantitative estimate of drug-likeness (QED) is 0.424. The maximum Gasteiger partial charge on any atom is 0.330 e. The molecule has 2 N–H and O–H groups in total. The van der Waals surface area contributed by atoms with Gasteiger partial charge in [-0.25, -0.2) is 4.79 Å². The molecule has 0 saturated heterocycles. The number of hydrogen-bond donors (Lipinski definition) is 2. The molecule has 0 aliphatic rings. The molecule has 140 valence electrons. The van der Waals surface area contributed by atoms with Crippen molar-refractivity contribution in [3.8, 4) is 0 Å². The van der Waals surface area contributed by atoms with Gasteiger partial charge in [-0.2, -0.15) is 0 Å². The lowest BCUT2D eigenvalue weighted by Gasteiger charge is -2.09. The Morgan fingerprint density at radius 3 is 2.44 bits per heavy atom. The third-order valence-electron chi connectivity index (χ3n) is 3.62. The van der Waals surface area contributed by atoms with Crippen molar-refractivity contribution < 1.29 is 19.1 Å². The highest BCUT2D eigenvalue weighted by atomic mass is 16.5. The number of hydrogen-bond acceptors (Lipinski definition) is 5. The van der Waals surface area contributed by atoms with Crippen LogP contribution >= 0.6 is 0 Å². The van der Waals surface area contributed by atoms with Gasteiger partial charge >= 0.3 is 5.97 Å². The normalized spacial score (nSPS) is 10.4. The van der Waals surface area contributed by atoms with E-state index in [-0.39, 0.29) is 24.2 Å². The van der Waals surface area contributed by atoms with Crippen molar-refractivity contribution in [1.29, 1.82) is 0 Å².